The normalized spacial score (nSPS) is 10.8. The van der Waals surface area contributed by atoms with Crippen LogP contribution in [-0.4, -0.2) is 13.0 Å². The van der Waals surface area contributed by atoms with Gasteiger partial charge in [-0.1, -0.05) is 12.1 Å². The number of benzene rings is 2. The lowest BCUT2D eigenvalue weighted by molar-refractivity contribution is -0.120. The second kappa shape index (κ2) is 7.61. The molecule has 1 aromatic heterocycles. The molecule has 1 heterocycles. The summed E-state index contributed by atoms with van der Waals surface area (Å²) >= 11 is 0. The molecule has 0 radical (unpaired) electrons. The molecular formula is C21H20FNO4. The minimum absolute atomic E-state index is 0.0869. The largest absolute Gasteiger partial charge is 0.496 e. The Balaban J connectivity index is 1.83. The molecule has 27 heavy (non-hydrogen) atoms. The number of halogens is 1. The van der Waals surface area contributed by atoms with Gasteiger partial charge in [-0.2, -0.15) is 0 Å². The molecule has 0 fully saturated rings. The van der Waals surface area contributed by atoms with Gasteiger partial charge in [-0.25, -0.2) is 9.18 Å². The average Bonchev–Trinajstić information content (AvgIpc) is 2.65. The smallest absolute Gasteiger partial charge is 0.340 e. The maximum absolute atomic E-state index is 12.9. The highest BCUT2D eigenvalue weighted by Crippen LogP contribution is 2.29. The molecule has 140 valence electrons. The number of amides is 1. The van der Waals surface area contributed by atoms with E-state index < -0.39 is 5.63 Å². The van der Waals surface area contributed by atoms with Crippen molar-refractivity contribution >= 4 is 16.9 Å². The topological polar surface area (TPSA) is 68.5 Å². The number of hydrogen-bond acceptors (Lipinski definition) is 4. The van der Waals surface area contributed by atoms with Gasteiger partial charge < -0.3 is 14.5 Å². The number of nitrogens with one attached hydrogen (secondary N) is 1. The van der Waals surface area contributed by atoms with Gasteiger partial charge >= 0.3 is 5.63 Å². The fourth-order valence-corrected chi connectivity index (χ4v) is 3.02. The molecular weight excluding hydrogens is 349 g/mol. The highest BCUT2D eigenvalue weighted by Gasteiger charge is 2.17. The van der Waals surface area contributed by atoms with Crippen molar-refractivity contribution in [3.8, 4) is 5.75 Å². The van der Waals surface area contributed by atoms with Crippen LogP contribution in [0, 0.1) is 19.7 Å². The summed E-state index contributed by atoms with van der Waals surface area (Å²) in [6.45, 7) is 3.87. The lowest BCUT2D eigenvalue weighted by Crippen LogP contribution is -2.27. The minimum Gasteiger partial charge on any atom is -0.496 e. The number of fused-ring (bicyclic) bond motifs is 1. The first-order chi connectivity index (χ1) is 12.9. The summed E-state index contributed by atoms with van der Waals surface area (Å²) in [5, 5.41) is 3.51. The van der Waals surface area contributed by atoms with E-state index in [0.29, 0.717) is 22.5 Å². The maximum atomic E-state index is 12.9. The van der Waals surface area contributed by atoms with Crippen molar-refractivity contribution in [1.29, 1.82) is 0 Å². The van der Waals surface area contributed by atoms with Crippen LogP contribution in [0.1, 0.15) is 22.3 Å². The quantitative estimate of drug-likeness (QED) is 0.700. The summed E-state index contributed by atoms with van der Waals surface area (Å²) in [6, 6.07) is 9.49. The lowest BCUT2D eigenvalue weighted by Gasteiger charge is -2.12. The molecule has 0 aliphatic heterocycles. The van der Waals surface area contributed by atoms with Gasteiger partial charge in [-0.05, 0) is 49.2 Å². The van der Waals surface area contributed by atoms with Crippen LogP contribution in [-0.2, 0) is 17.8 Å². The number of ether oxygens (including phenoxy) is 1. The number of carbonyl (C=O) groups excluding carboxylic acids is 1. The van der Waals surface area contributed by atoms with Crippen LogP contribution in [0.2, 0.25) is 0 Å². The van der Waals surface area contributed by atoms with Gasteiger partial charge in [0.05, 0.1) is 19.1 Å². The Morgan fingerprint density at radius 2 is 1.81 bits per heavy atom. The Labute approximate surface area is 155 Å². The van der Waals surface area contributed by atoms with E-state index in [9.17, 15) is 14.0 Å². The zero-order chi connectivity index (χ0) is 19.6. The zero-order valence-electron chi connectivity index (χ0n) is 15.4. The molecule has 0 aliphatic carbocycles. The number of aryl methyl sites for hydroxylation is 2. The Morgan fingerprint density at radius 1 is 1.11 bits per heavy atom. The zero-order valence-corrected chi connectivity index (χ0v) is 15.4. The van der Waals surface area contributed by atoms with Crippen LogP contribution in [0.4, 0.5) is 4.39 Å². The first-order valence-electron chi connectivity index (χ1n) is 8.51. The van der Waals surface area contributed by atoms with Crippen molar-refractivity contribution in [2.45, 2.75) is 26.8 Å². The summed E-state index contributed by atoms with van der Waals surface area (Å²) in [7, 11) is 1.55. The second-order valence-corrected chi connectivity index (χ2v) is 6.34. The predicted octanol–water partition coefficient (Wildman–Crippen LogP) is 3.42. The summed E-state index contributed by atoms with van der Waals surface area (Å²) in [5.74, 6) is -0.00412. The summed E-state index contributed by atoms with van der Waals surface area (Å²) in [6.07, 6.45) is -0.0869. The number of methoxy groups -OCH3 is 1. The van der Waals surface area contributed by atoms with Crippen LogP contribution in [0.3, 0.4) is 0 Å². The predicted molar refractivity (Wildman–Crippen MR) is 100 cm³/mol. The molecule has 5 nitrogen and oxygen atoms in total. The average molecular weight is 369 g/mol. The van der Waals surface area contributed by atoms with Gasteiger partial charge in [0, 0.05) is 17.5 Å². The lowest BCUT2D eigenvalue weighted by atomic mass is 10.0. The van der Waals surface area contributed by atoms with E-state index in [0.717, 1.165) is 16.5 Å². The SMILES string of the molecule is COc1ccc2c(C)c(CC(=O)NCc3ccc(F)cc3)c(=O)oc2c1C. The highest BCUT2D eigenvalue weighted by atomic mass is 19.1. The van der Waals surface area contributed by atoms with Crippen molar-refractivity contribution in [1.82, 2.24) is 5.32 Å². The van der Waals surface area contributed by atoms with E-state index >= 15 is 0 Å². The summed E-state index contributed by atoms with van der Waals surface area (Å²) < 4.78 is 23.7. The van der Waals surface area contributed by atoms with E-state index in [-0.39, 0.29) is 24.7 Å². The van der Waals surface area contributed by atoms with Crippen LogP contribution >= 0.6 is 0 Å². The monoisotopic (exact) mass is 369 g/mol. The molecule has 0 aliphatic rings. The van der Waals surface area contributed by atoms with Crippen LogP contribution in [0.15, 0.2) is 45.6 Å². The third-order valence-corrected chi connectivity index (χ3v) is 4.61. The first kappa shape index (κ1) is 18.6. The van der Waals surface area contributed by atoms with Gasteiger partial charge in [0.15, 0.2) is 0 Å². The third-order valence-electron chi connectivity index (χ3n) is 4.61. The molecule has 2 aromatic carbocycles. The Kier molecular flexibility index (Phi) is 5.26. The Hall–Kier alpha value is -3.15. The van der Waals surface area contributed by atoms with Gasteiger partial charge in [-0.15, -0.1) is 0 Å². The van der Waals surface area contributed by atoms with Gasteiger partial charge in [0.25, 0.3) is 0 Å². The maximum Gasteiger partial charge on any atom is 0.340 e. The van der Waals surface area contributed by atoms with E-state index in [1.165, 1.54) is 12.1 Å². The van der Waals surface area contributed by atoms with Crippen LogP contribution in [0.25, 0.3) is 11.0 Å². The van der Waals surface area contributed by atoms with E-state index in [1.807, 2.05) is 19.1 Å². The minimum atomic E-state index is -0.534. The van der Waals surface area contributed by atoms with Crippen molar-refractivity contribution in [2.24, 2.45) is 0 Å². The standard InChI is InChI=1S/C21H20FNO4/c1-12-16-8-9-18(26-3)13(2)20(16)27-21(25)17(12)10-19(24)23-11-14-4-6-15(22)7-5-14/h4-9H,10-11H2,1-3H3,(H,23,24). The third kappa shape index (κ3) is 3.84. The molecule has 0 bridgehead atoms. The van der Waals surface area contributed by atoms with Crippen molar-refractivity contribution in [3.63, 3.8) is 0 Å². The molecule has 3 aromatic rings. The van der Waals surface area contributed by atoms with Crippen molar-refractivity contribution in [2.75, 3.05) is 7.11 Å². The Morgan fingerprint density at radius 3 is 2.48 bits per heavy atom. The molecule has 6 heteroatoms. The molecule has 0 saturated carbocycles. The van der Waals surface area contributed by atoms with Crippen molar-refractivity contribution in [3.05, 3.63) is 74.9 Å². The Bertz CT molecular complexity index is 1050. The molecule has 0 saturated heterocycles. The molecule has 3 rings (SSSR count). The molecule has 0 spiro atoms. The first-order valence-corrected chi connectivity index (χ1v) is 8.51. The fourth-order valence-electron chi connectivity index (χ4n) is 3.02. The van der Waals surface area contributed by atoms with Crippen LogP contribution in [0.5, 0.6) is 5.75 Å². The van der Waals surface area contributed by atoms with Gasteiger partial charge in [0.2, 0.25) is 5.91 Å². The van der Waals surface area contributed by atoms with E-state index in [1.54, 1.807) is 26.2 Å². The fraction of sp³-hybridized carbons (Fsp3) is 0.238. The number of carbonyl (C=O) groups is 1. The summed E-state index contributed by atoms with van der Waals surface area (Å²) in [5.41, 5.74) is 2.48. The number of rotatable bonds is 5. The molecule has 0 unspecified atom stereocenters. The van der Waals surface area contributed by atoms with Gasteiger partial charge in [0.1, 0.15) is 17.1 Å². The van der Waals surface area contributed by atoms with Gasteiger partial charge in [-0.3, -0.25) is 4.79 Å². The highest BCUT2D eigenvalue weighted by molar-refractivity contribution is 5.87. The second-order valence-electron chi connectivity index (χ2n) is 6.34. The van der Waals surface area contributed by atoms with E-state index in [4.69, 9.17) is 9.15 Å². The van der Waals surface area contributed by atoms with Crippen molar-refractivity contribution < 1.29 is 18.3 Å². The molecule has 1 amide bonds. The molecule has 0 atom stereocenters. The summed E-state index contributed by atoms with van der Waals surface area (Å²) in [4.78, 5) is 24.7. The van der Waals surface area contributed by atoms with E-state index in [2.05, 4.69) is 5.32 Å². The number of hydrogen-bond donors (Lipinski definition) is 1. The molecule has 1 N–H and O–H groups in total. The van der Waals surface area contributed by atoms with Crippen LogP contribution < -0.4 is 15.7 Å².